The minimum absolute atomic E-state index is 0.0184. The van der Waals surface area contributed by atoms with Crippen LogP contribution in [0.15, 0.2) is 18.2 Å². The Balaban J connectivity index is 2.88. The Kier molecular flexibility index (Phi) is 4.52. The second-order valence-electron chi connectivity index (χ2n) is 2.87. The smallest absolute Gasteiger partial charge is 0.162 e. The van der Waals surface area contributed by atoms with E-state index >= 15 is 0 Å². The zero-order chi connectivity index (χ0) is 11.1. The van der Waals surface area contributed by atoms with Crippen molar-refractivity contribution in [2.24, 2.45) is 0 Å². The molecular weight excluding hydrogens is 192 g/mol. The van der Waals surface area contributed by atoms with Crippen LogP contribution < -0.4 is 9.47 Å². The first-order chi connectivity index (χ1) is 7.31. The van der Waals surface area contributed by atoms with Crippen LogP contribution in [0.25, 0.3) is 0 Å². The third kappa shape index (κ3) is 3.19. The van der Waals surface area contributed by atoms with Crippen LogP contribution in [0.4, 0.5) is 0 Å². The van der Waals surface area contributed by atoms with Crippen molar-refractivity contribution in [3.05, 3.63) is 23.8 Å². The zero-order valence-electron chi connectivity index (χ0n) is 8.69. The van der Waals surface area contributed by atoms with Gasteiger partial charge in [0.15, 0.2) is 11.5 Å². The number of aliphatic hydroxyl groups is 1. The highest BCUT2D eigenvalue weighted by molar-refractivity contribution is 5.43. The number of hydrogen-bond donors (Lipinski definition) is 1. The molecule has 1 N–H and O–H groups in total. The highest BCUT2D eigenvalue weighted by Gasteiger charge is 2.05. The zero-order valence-corrected chi connectivity index (χ0v) is 8.69. The molecule has 0 aromatic heterocycles. The maximum absolute atomic E-state index is 8.97. The Bertz CT molecular complexity index is 352. The summed E-state index contributed by atoms with van der Waals surface area (Å²) in [4.78, 5) is 0. The molecule has 0 aliphatic carbocycles. The molecule has 0 unspecified atom stereocenters. The third-order valence-corrected chi connectivity index (χ3v) is 1.80. The summed E-state index contributed by atoms with van der Waals surface area (Å²) in [7, 11) is 0. The first kappa shape index (κ1) is 11.4. The topological polar surface area (TPSA) is 38.7 Å². The van der Waals surface area contributed by atoms with Crippen LogP contribution in [-0.2, 0) is 6.61 Å². The molecule has 1 rings (SSSR count). The summed E-state index contributed by atoms with van der Waals surface area (Å²) in [5, 5.41) is 8.97. The van der Waals surface area contributed by atoms with Crippen LogP contribution in [0.2, 0.25) is 0 Å². The molecule has 0 saturated carbocycles. The number of aliphatic hydroxyl groups excluding tert-OH is 1. The van der Waals surface area contributed by atoms with Crippen molar-refractivity contribution < 1.29 is 14.6 Å². The fourth-order valence-electron chi connectivity index (χ4n) is 1.16. The minimum Gasteiger partial charge on any atom is -0.490 e. The van der Waals surface area contributed by atoms with Crippen molar-refractivity contribution in [3.63, 3.8) is 0 Å². The Hall–Kier alpha value is -1.66. The van der Waals surface area contributed by atoms with Crippen molar-refractivity contribution in [1.29, 1.82) is 0 Å². The monoisotopic (exact) mass is 206 g/mol. The summed E-state index contributed by atoms with van der Waals surface area (Å²) < 4.78 is 10.7. The molecule has 3 nitrogen and oxygen atoms in total. The van der Waals surface area contributed by atoms with E-state index in [0.29, 0.717) is 18.1 Å². The van der Waals surface area contributed by atoms with Crippen LogP contribution in [-0.4, -0.2) is 18.3 Å². The van der Waals surface area contributed by atoms with E-state index in [1.807, 2.05) is 6.92 Å². The van der Waals surface area contributed by atoms with Gasteiger partial charge in [0, 0.05) is 0 Å². The van der Waals surface area contributed by atoms with Crippen LogP contribution in [0.5, 0.6) is 11.5 Å². The van der Waals surface area contributed by atoms with E-state index in [4.69, 9.17) is 21.0 Å². The number of rotatable bonds is 5. The first-order valence-corrected chi connectivity index (χ1v) is 4.74. The van der Waals surface area contributed by atoms with Gasteiger partial charge in [-0.15, -0.1) is 6.42 Å². The molecule has 15 heavy (non-hydrogen) atoms. The van der Waals surface area contributed by atoms with Gasteiger partial charge < -0.3 is 14.6 Å². The number of hydrogen-bond acceptors (Lipinski definition) is 3. The molecular formula is C12H14O3. The van der Waals surface area contributed by atoms with E-state index in [1.54, 1.807) is 18.2 Å². The Morgan fingerprint density at radius 1 is 1.33 bits per heavy atom. The lowest BCUT2D eigenvalue weighted by Gasteiger charge is -2.11. The SMILES string of the molecule is C#CCOc1ccc(CO)cc1OCC. The molecule has 0 aliphatic rings. The lowest BCUT2D eigenvalue weighted by atomic mass is 10.2. The van der Waals surface area contributed by atoms with E-state index in [2.05, 4.69) is 5.92 Å². The van der Waals surface area contributed by atoms with Crippen molar-refractivity contribution in [2.45, 2.75) is 13.5 Å². The summed E-state index contributed by atoms with van der Waals surface area (Å²) >= 11 is 0. The van der Waals surface area contributed by atoms with Gasteiger partial charge >= 0.3 is 0 Å². The number of terminal acetylenes is 1. The first-order valence-electron chi connectivity index (χ1n) is 4.74. The summed E-state index contributed by atoms with van der Waals surface area (Å²) in [6.45, 7) is 2.62. The van der Waals surface area contributed by atoms with Gasteiger partial charge in [-0.05, 0) is 24.6 Å². The van der Waals surface area contributed by atoms with Crippen molar-refractivity contribution in [2.75, 3.05) is 13.2 Å². The molecule has 3 heteroatoms. The standard InChI is InChI=1S/C12H14O3/c1-3-7-15-11-6-5-10(9-13)8-12(11)14-4-2/h1,5-6,8,13H,4,7,9H2,2H3. The fourth-order valence-corrected chi connectivity index (χ4v) is 1.16. The van der Waals surface area contributed by atoms with Gasteiger partial charge in [-0.3, -0.25) is 0 Å². The lowest BCUT2D eigenvalue weighted by Crippen LogP contribution is -2.00. The van der Waals surface area contributed by atoms with E-state index in [1.165, 1.54) is 0 Å². The van der Waals surface area contributed by atoms with Crippen LogP contribution in [0.1, 0.15) is 12.5 Å². The average Bonchev–Trinajstić information content (AvgIpc) is 2.27. The van der Waals surface area contributed by atoms with Gasteiger partial charge in [-0.25, -0.2) is 0 Å². The van der Waals surface area contributed by atoms with Crippen molar-refractivity contribution >= 4 is 0 Å². The quantitative estimate of drug-likeness (QED) is 0.743. The molecule has 0 spiro atoms. The van der Waals surface area contributed by atoms with E-state index in [0.717, 1.165) is 5.56 Å². The van der Waals surface area contributed by atoms with E-state index in [-0.39, 0.29) is 13.2 Å². The van der Waals surface area contributed by atoms with Gasteiger partial charge in [0.2, 0.25) is 0 Å². The summed E-state index contributed by atoms with van der Waals surface area (Å²) in [5.74, 6) is 3.60. The van der Waals surface area contributed by atoms with Crippen LogP contribution in [0.3, 0.4) is 0 Å². The molecule has 0 bridgehead atoms. The van der Waals surface area contributed by atoms with E-state index < -0.39 is 0 Å². The van der Waals surface area contributed by atoms with Crippen LogP contribution >= 0.6 is 0 Å². The summed E-state index contributed by atoms with van der Waals surface area (Å²) in [6.07, 6.45) is 5.10. The average molecular weight is 206 g/mol. The Morgan fingerprint density at radius 2 is 2.13 bits per heavy atom. The molecule has 0 fully saturated rings. The summed E-state index contributed by atoms with van der Waals surface area (Å²) in [5.41, 5.74) is 0.784. The lowest BCUT2D eigenvalue weighted by molar-refractivity contribution is 0.276. The molecule has 0 heterocycles. The molecule has 80 valence electrons. The van der Waals surface area contributed by atoms with Gasteiger partial charge in [-0.2, -0.15) is 0 Å². The highest BCUT2D eigenvalue weighted by atomic mass is 16.5. The number of ether oxygens (including phenoxy) is 2. The van der Waals surface area contributed by atoms with Crippen molar-refractivity contribution in [3.8, 4) is 23.8 Å². The van der Waals surface area contributed by atoms with Crippen LogP contribution in [0, 0.1) is 12.3 Å². The van der Waals surface area contributed by atoms with Gasteiger partial charge in [0.1, 0.15) is 6.61 Å². The maximum Gasteiger partial charge on any atom is 0.162 e. The molecule has 0 aliphatic heterocycles. The predicted octanol–water partition coefficient (Wildman–Crippen LogP) is 1.59. The Labute approximate surface area is 89.6 Å². The second kappa shape index (κ2) is 5.94. The molecule has 1 aromatic rings. The molecule has 0 atom stereocenters. The highest BCUT2D eigenvalue weighted by Crippen LogP contribution is 2.28. The fraction of sp³-hybridized carbons (Fsp3) is 0.333. The predicted molar refractivity (Wildman–Crippen MR) is 57.9 cm³/mol. The molecule has 0 radical (unpaired) electrons. The molecule has 0 saturated heterocycles. The maximum atomic E-state index is 8.97. The molecule has 1 aromatic carbocycles. The molecule has 0 amide bonds. The van der Waals surface area contributed by atoms with Crippen molar-refractivity contribution in [1.82, 2.24) is 0 Å². The third-order valence-electron chi connectivity index (χ3n) is 1.80. The Morgan fingerprint density at radius 3 is 2.73 bits per heavy atom. The van der Waals surface area contributed by atoms with E-state index in [9.17, 15) is 0 Å². The largest absolute Gasteiger partial charge is 0.490 e. The van der Waals surface area contributed by atoms with Gasteiger partial charge in [0.05, 0.1) is 13.2 Å². The number of benzene rings is 1. The normalized spacial score (nSPS) is 9.40. The minimum atomic E-state index is -0.0184. The van der Waals surface area contributed by atoms with Gasteiger partial charge in [-0.1, -0.05) is 12.0 Å². The van der Waals surface area contributed by atoms with Gasteiger partial charge in [0.25, 0.3) is 0 Å². The second-order valence-corrected chi connectivity index (χ2v) is 2.87. The summed E-state index contributed by atoms with van der Waals surface area (Å²) in [6, 6.07) is 5.26.